The van der Waals surface area contributed by atoms with Gasteiger partial charge in [0.2, 0.25) is 0 Å². The molecule has 0 aliphatic carbocycles. The second kappa shape index (κ2) is 6.33. The maximum atomic E-state index is 10.7. The number of benzene rings is 2. The van der Waals surface area contributed by atoms with Gasteiger partial charge < -0.3 is 15.3 Å². The molecule has 0 heterocycles. The average Bonchev–Trinajstić information content (AvgIpc) is 2.36. The van der Waals surface area contributed by atoms with E-state index in [1.54, 1.807) is 12.1 Å². The van der Waals surface area contributed by atoms with Gasteiger partial charge in [-0.2, -0.15) is 0 Å². The molecule has 20 heavy (non-hydrogen) atoms. The number of carbonyl (C=O) groups is 3. The van der Waals surface area contributed by atoms with Crippen LogP contribution in [0.25, 0.3) is 10.8 Å². The number of hydrogen-bond acceptors (Lipinski definition) is 3. The third-order valence-electron chi connectivity index (χ3n) is 2.33. The van der Waals surface area contributed by atoms with Gasteiger partial charge in [0, 0.05) is 6.92 Å². The van der Waals surface area contributed by atoms with Gasteiger partial charge in [0.25, 0.3) is 5.97 Å². The molecule has 6 heteroatoms. The predicted molar refractivity (Wildman–Crippen MR) is 71.2 cm³/mol. The van der Waals surface area contributed by atoms with Crippen LogP contribution in [0, 0.1) is 0 Å². The molecule has 0 spiro atoms. The monoisotopic (exact) mass is 276 g/mol. The van der Waals surface area contributed by atoms with E-state index >= 15 is 0 Å². The van der Waals surface area contributed by atoms with E-state index in [0.717, 1.165) is 6.92 Å². The van der Waals surface area contributed by atoms with Crippen LogP contribution in [-0.4, -0.2) is 33.2 Å². The summed E-state index contributed by atoms with van der Waals surface area (Å²) in [6, 6.07) is 9.15. The lowest BCUT2D eigenvalue weighted by molar-refractivity contribution is -0.134. The highest BCUT2D eigenvalue weighted by Gasteiger charge is 2.06. The number of hydrogen-bond donors (Lipinski definition) is 3. The van der Waals surface area contributed by atoms with Crippen LogP contribution in [0.3, 0.4) is 0 Å². The molecule has 0 aliphatic heterocycles. The minimum Gasteiger partial charge on any atom is -0.481 e. The molecule has 0 bridgehead atoms. The van der Waals surface area contributed by atoms with E-state index in [1.165, 1.54) is 24.3 Å². The molecule has 0 saturated carbocycles. The lowest BCUT2D eigenvalue weighted by Gasteiger charge is -2.01. The standard InChI is InChI=1S/C12H8O4.C2H4O2/c13-11(14)9-3-1-7-5-10(12(15)16)4-2-8(7)6-9;1-2(3)4/h1-6H,(H,13,14)(H,15,16);1H3,(H,3,4). The zero-order valence-electron chi connectivity index (χ0n) is 10.5. The van der Waals surface area contributed by atoms with Crippen molar-refractivity contribution in [3.05, 3.63) is 47.5 Å². The first-order valence-electron chi connectivity index (χ1n) is 5.51. The third kappa shape index (κ3) is 4.09. The smallest absolute Gasteiger partial charge is 0.335 e. The van der Waals surface area contributed by atoms with Crippen LogP contribution in [-0.2, 0) is 4.79 Å². The largest absolute Gasteiger partial charge is 0.481 e. The number of aliphatic carboxylic acids is 1. The van der Waals surface area contributed by atoms with E-state index in [-0.39, 0.29) is 11.1 Å². The molecule has 104 valence electrons. The summed E-state index contributed by atoms with van der Waals surface area (Å²) in [5, 5.41) is 26.4. The van der Waals surface area contributed by atoms with Crippen molar-refractivity contribution >= 4 is 28.7 Å². The summed E-state index contributed by atoms with van der Waals surface area (Å²) < 4.78 is 0. The van der Waals surface area contributed by atoms with Gasteiger partial charge in [-0.15, -0.1) is 0 Å². The summed E-state index contributed by atoms with van der Waals surface area (Å²) in [6.07, 6.45) is 0. The van der Waals surface area contributed by atoms with Crippen molar-refractivity contribution < 1.29 is 29.7 Å². The average molecular weight is 276 g/mol. The van der Waals surface area contributed by atoms with Crippen LogP contribution in [0.2, 0.25) is 0 Å². The first-order valence-corrected chi connectivity index (χ1v) is 5.51. The molecule has 2 aromatic rings. The first kappa shape index (κ1) is 15.2. The van der Waals surface area contributed by atoms with E-state index in [9.17, 15) is 9.59 Å². The molecule has 0 radical (unpaired) electrons. The van der Waals surface area contributed by atoms with Crippen molar-refractivity contribution in [2.45, 2.75) is 6.92 Å². The molecule has 0 aliphatic rings. The fraction of sp³-hybridized carbons (Fsp3) is 0.0714. The minimum atomic E-state index is -0.996. The van der Waals surface area contributed by atoms with Crippen LogP contribution in [0.5, 0.6) is 0 Å². The van der Waals surface area contributed by atoms with Crippen LogP contribution >= 0.6 is 0 Å². The Labute approximate surface area is 113 Å². The van der Waals surface area contributed by atoms with Crippen molar-refractivity contribution in [3.63, 3.8) is 0 Å². The zero-order valence-corrected chi connectivity index (χ0v) is 10.5. The summed E-state index contributed by atoms with van der Waals surface area (Å²) in [7, 11) is 0. The molecule has 0 amide bonds. The molecular formula is C14H12O6. The van der Waals surface area contributed by atoms with Crippen LogP contribution in [0.1, 0.15) is 27.6 Å². The van der Waals surface area contributed by atoms with E-state index < -0.39 is 17.9 Å². The summed E-state index contributed by atoms with van der Waals surface area (Å²) in [6.45, 7) is 1.08. The van der Waals surface area contributed by atoms with Crippen molar-refractivity contribution in [3.8, 4) is 0 Å². The first-order chi connectivity index (χ1) is 9.31. The Hall–Kier alpha value is -2.89. The van der Waals surface area contributed by atoms with Gasteiger partial charge in [-0.25, -0.2) is 9.59 Å². The van der Waals surface area contributed by atoms with Gasteiger partial charge >= 0.3 is 11.9 Å². The van der Waals surface area contributed by atoms with Crippen molar-refractivity contribution in [1.82, 2.24) is 0 Å². The zero-order chi connectivity index (χ0) is 15.3. The Kier molecular flexibility index (Phi) is 4.80. The lowest BCUT2D eigenvalue weighted by Crippen LogP contribution is -1.97. The van der Waals surface area contributed by atoms with E-state index in [4.69, 9.17) is 20.1 Å². The molecular weight excluding hydrogens is 264 g/mol. The second-order valence-corrected chi connectivity index (χ2v) is 3.91. The van der Waals surface area contributed by atoms with Gasteiger partial charge in [-0.3, -0.25) is 4.79 Å². The number of fused-ring (bicyclic) bond motifs is 1. The molecule has 0 aromatic heterocycles. The highest BCUT2D eigenvalue weighted by atomic mass is 16.4. The highest BCUT2D eigenvalue weighted by molar-refractivity contribution is 5.97. The number of carboxylic acid groups (broad SMARTS) is 3. The molecule has 0 unspecified atom stereocenters. The molecule has 2 rings (SSSR count). The van der Waals surface area contributed by atoms with Gasteiger partial charge in [-0.05, 0) is 35.0 Å². The number of rotatable bonds is 2. The molecule has 0 saturated heterocycles. The second-order valence-electron chi connectivity index (χ2n) is 3.91. The maximum Gasteiger partial charge on any atom is 0.335 e. The van der Waals surface area contributed by atoms with Crippen molar-refractivity contribution in [1.29, 1.82) is 0 Å². The quantitative estimate of drug-likeness (QED) is 0.776. The molecule has 6 nitrogen and oxygen atoms in total. The van der Waals surface area contributed by atoms with Crippen LogP contribution < -0.4 is 0 Å². The maximum absolute atomic E-state index is 10.7. The third-order valence-corrected chi connectivity index (χ3v) is 2.33. The van der Waals surface area contributed by atoms with Crippen molar-refractivity contribution in [2.75, 3.05) is 0 Å². The Bertz CT molecular complexity index is 617. The van der Waals surface area contributed by atoms with Crippen molar-refractivity contribution in [2.24, 2.45) is 0 Å². The Morgan fingerprint density at radius 1 is 0.750 bits per heavy atom. The van der Waals surface area contributed by atoms with Gasteiger partial charge in [0.05, 0.1) is 11.1 Å². The summed E-state index contributed by atoms with van der Waals surface area (Å²) in [5.74, 6) is -2.83. The molecule has 0 fully saturated rings. The normalized spacial score (nSPS) is 9.45. The van der Waals surface area contributed by atoms with Crippen LogP contribution in [0.15, 0.2) is 36.4 Å². The molecule has 3 N–H and O–H groups in total. The Balaban J connectivity index is 0.000000444. The summed E-state index contributed by atoms with van der Waals surface area (Å²) in [4.78, 5) is 30.5. The number of aromatic carboxylic acids is 2. The fourth-order valence-electron chi connectivity index (χ4n) is 1.51. The van der Waals surface area contributed by atoms with E-state index in [0.29, 0.717) is 10.8 Å². The van der Waals surface area contributed by atoms with E-state index in [1.807, 2.05) is 0 Å². The fourth-order valence-corrected chi connectivity index (χ4v) is 1.51. The Morgan fingerprint density at radius 3 is 1.30 bits per heavy atom. The van der Waals surface area contributed by atoms with Gasteiger partial charge in [0.15, 0.2) is 0 Å². The van der Waals surface area contributed by atoms with Gasteiger partial charge in [0.1, 0.15) is 0 Å². The predicted octanol–water partition coefficient (Wildman–Crippen LogP) is 2.33. The summed E-state index contributed by atoms with van der Waals surface area (Å²) in [5.41, 5.74) is 0.381. The lowest BCUT2D eigenvalue weighted by atomic mass is 10.0. The Morgan fingerprint density at radius 2 is 1.05 bits per heavy atom. The topological polar surface area (TPSA) is 112 Å². The van der Waals surface area contributed by atoms with Crippen LogP contribution in [0.4, 0.5) is 0 Å². The number of carboxylic acids is 3. The SMILES string of the molecule is CC(=O)O.O=C(O)c1ccc2cc(C(=O)O)ccc2c1. The minimum absolute atomic E-state index is 0.190. The summed E-state index contributed by atoms with van der Waals surface area (Å²) >= 11 is 0. The molecule has 2 aromatic carbocycles. The highest BCUT2D eigenvalue weighted by Crippen LogP contribution is 2.18. The van der Waals surface area contributed by atoms with E-state index in [2.05, 4.69) is 0 Å². The van der Waals surface area contributed by atoms with Gasteiger partial charge in [-0.1, -0.05) is 12.1 Å². The molecule has 0 atom stereocenters.